The molecule has 0 aliphatic heterocycles. The molecule has 6 heteroatoms. The van der Waals surface area contributed by atoms with Crippen molar-refractivity contribution < 1.29 is 9.59 Å². The van der Waals surface area contributed by atoms with E-state index in [4.69, 9.17) is 5.73 Å². The van der Waals surface area contributed by atoms with Gasteiger partial charge in [-0.15, -0.1) is 0 Å². The van der Waals surface area contributed by atoms with Gasteiger partial charge < -0.3 is 5.73 Å². The summed E-state index contributed by atoms with van der Waals surface area (Å²) in [6.45, 7) is 0. The number of benzene rings is 2. The molecule has 106 valence electrons. The summed E-state index contributed by atoms with van der Waals surface area (Å²) in [5, 5.41) is 10.6. The lowest BCUT2D eigenvalue weighted by Crippen LogP contribution is -2.25. The molecule has 0 fully saturated rings. The largest absolute Gasteiger partial charge is 0.395 e. The van der Waals surface area contributed by atoms with Crippen LogP contribution in [0.25, 0.3) is 16.6 Å². The van der Waals surface area contributed by atoms with Crippen molar-refractivity contribution in [1.29, 1.82) is 0 Å². The number of carbonyl (C=O) groups excluding carboxylic acids is 2. The van der Waals surface area contributed by atoms with Gasteiger partial charge in [0.2, 0.25) is 5.78 Å². The number of nitrogens with one attached hydrogen (secondary N) is 1. The van der Waals surface area contributed by atoms with E-state index in [0.29, 0.717) is 27.7 Å². The van der Waals surface area contributed by atoms with Crippen LogP contribution in [0.5, 0.6) is 0 Å². The molecule has 1 aliphatic carbocycles. The van der Waals surface area contributed by atoms with Gasteiger partial charge in [-0.1, -0.05) is 36.4 Å². The van der Waals surface area contributed by atoms with Crippen LogP contribution in [0, 0.1) is 0 Å². The van der Waals surface area contributed by atoms with Crippen molar-refractivity contribution in [3.05, 3.63) is 64.9 Å². The molecule has 0 radical (unpaired) electrons. The quantitative estimate of drug-likeness (QED) is 0.710. The fraction of sp³-hybridized carbons (Fsp3) is 0. The zero-order valence-corrected chi connectivity index (χ0v) is 11.3. The van der Waals surface area contributed by atoms with Crippen molar-refractivity contribution in [2.75, 3.05) is 0 Å². The van der Waals surface area contributed by atoms with Gasteiger partial charge in [-0.05, 0) is 6.07 Å². The summed E-state index contributed by atoms with van der Waals surface area (Å²) in [5.74, 6) is -0.617. The molecule has 0 bridgehead atoms. The van der Waals surface area contributed by atoms with E-state index in [1.54, 1.807) is 42.5 Å². The van der Waals surface area contributed by atoms with E-state index in [2.05, 4.69) is 15.4 Å². The molecule has 0 atom stereocenters. The SMILES string of the molecule is NC1=C(c2cccc3n[nH]nc23)C(=O)c2ccccc2C1=O. The third kappa shape index (κ3) is 1.54. The van der Waals surface area contributed by atoms with E-state index in [-0.39, 0.29) is 22.8 Å². The molecule has 0 spiro atoms. The Balaban J connectivity index is 2.03. The third-order valence-corrected chi connectivity index (χ3v) is 3.77. The summed E-state index contributed by atoms with van der Waals surface area (Å²) in [6.07, 6.45) is 0. The van der Waals surface area contributed by atoms with Gasteiger partial charge in [-0.25, -0.2) is 0 Å². The number of Topliss-reactive ketones (excluding diaryl/α,β-unsaturated/α-hetero) is 2. The summed E-state index contributed by atoms with van der Waals surface area (Å²) in [4.78, 5) is 25.2. The number of nitrogens with two attached hydrogens (primary N) is 1. The highest BCUT2D eigenvalue weighted by molar-refractivity contribution is 6.41. The number of carbonyl (C=O) groups is 2. The molecule has 22 heavy (non-hydrogen) atoms. The number of aromatic nitrogens is 3. The van der Waals surface area contributed by atoms with Crippen LogP contribution in [-0.4, -0.2) is 27.0 Å². The standard InChI is InChI=1S/C16H10N4O2/c17-13-12(10-6-3-7-11-14(10)19-20-18-11)15(21)8-4-1-2-5-9(8)16(13)22/h1-7H,17H2,(H,18,19,20). The molecule has 0 amide bonds. The Kier molecular flexibility index (Phi) is 2.47. The fourth-order valence-corrected chi connectivity index (χ4v) is 2.73. The Morgan fingerprint density at radius 1 is 0.818 bits per heavy atom. The first-order valence-electron chi connectivity index (χ1n) is 6.66. The summed E-state index contributed by atoms with van der Waals surface area (Å²) in [5.41, 5.74) is 8.42. The lowest BCUT2D eigenvalue weighted by Gasteiger charge is -2.18. The average molecular weight is 290 g/mol. The third-order valence-electron chi connectivity index (χ3n) is 3.77. The first-order valence-corrected chi connectivity index (χ1v) is 6.66. The van der Waals surface area contributed by atoms with Crippen molar-refractivity contribution >= 4 is 28.2 Å². The fourth-order valence-electron chi connectivity index (χ4n) is 2.73. The number of H-pyrrole nitrogens is 1. The number of hydrogen-bond donors (Lipinski definition) is 2. The maximum Gasteiger partial charge on any atom is 0.210 e. The minimum Gasteiger partial charge on any atom is -0.395 e. The van der Waals surface area contributed by atoms with Gasteiger partial charge in [0.25, 0.3) is 0 Å². The van der Waals surface area contributed by atoms with Gasteiger partial charge in [-0.2, -0.15) is 15.4 Å². The first kappa shape index (κ1) is 12.5. The summed E-state index contributed by atoms with van der Waals surface area (Å²) in [6, 6.07) is 11.9. The number of rotatable bonds is 1. The van der Waals surface area contributed by atoms with Crippen LogP contribution in [0.1, 0.15) is 26.3 Å². The molecule has 2 aromatic carbocycles. The molecule has 1 aromatic heterocycles. The second-order valence-electron chi connectivity index (χ2n) is 4.99. The molecule has 3 N–H and O–H groups in total. The monoisotopic (exact) mass is 290 g/mol. The molecule has 1 aliphatic rings. The van der Waals surface area contributed by atoms with E-state index >= 15 is 0 Å². The zero-order valence-electron chi connectivity index (χ0n) is 11.3. The molecule has 4 rings (SSSR count). The second kappa shape index (κ2) is 4.36. The minimum absolute atomic E-state index is 0.0563. The summed E-state index contributed by atoms with van der Waals surface area (Å²) in [7, 11) is 0. The minimum atomic E-state index is -0.342. The smallest absolute Gasteiger partial charge is 0.210 e. The van der Waals surface area contributed by atoms with Crippen LogP contribution < -0.4 is 5.73 Å². The number of hydrogen-bond acceptors (Lipinski definition) is 5. The van der Waals surface area contributed by atoms with Gasteiger partial charge >= 0.3 is 0 Å². The highest BCUT2D eigenvalue weighted by Gasteiger charge is 2.32. The zero-order chi connectivity index (χ0) is 15.3. The van der Waals surface area contributed by atoms with Gasteiger partial charge in [0.05, 0.1) is 11.3 Å². The van der Waals surface area contributed by atoms with Crippen LogP contribution in [0.2, 0.25) is 0 Å². The van der Waals surface area contributed by atoms with Crippen molar-refractivity contribution in [3.63, 3.8) is 0 Å². The molecule has 0 saturated carbocycles. The molecular weight excluding hydrogens is 280 g/mol. The molecule has 0 unspecified atom stereocenters. The Labute approximate surface area is 124 Å². The molecule has 3 aromatic rings. The Morgan fingerprint density at radius 3 is 2.27 bits per heavy atom. The number of ketones is 2. The number of allylic oxidation sites excluding steroid dienone is 2. The number of aromatic amines is 1. The molecule has 6 nitrogen and oxygen atoms in total. The maximum absolute atomic E-state index is 12.8. The predicted octanol–water partition coefficient (Wildman–Crippen LogP) is 1.71. The number of nitrogens with zero attached hydrogens (tertiary/aromatic N) is 2. The highest BCUT2D eigenvalue weighted by Crippen LogP contribution is 2.32. The van der Waals surface area contributed by atoms with E-state index < -0.39 is 0 Å². The summed E-state index contributed by atoms with van der Waals surface area (Å²) < 4.78 is 0. The predicted molar refractivity (Wildman–Crippen MR) is 80.1 cm³/mol. The topological polar surface area (TPSA) is 102 Å². The maximum atomic E-state index is 12.8. The molecule has 0 saturated heterocycles. The van der Waals surface area contributed by atoms with Crippen molar-refractivity contribution in [2.45, 2.75) is 0 Å². The Hall–Kier alpha value is -3.28. The van der Waals surface area contributed by atoms with Gasteiger partial charge in [0.1, 0.15) is 11.0 Å². The Bertz CT molecular complexity index is 984. The van der Waals surface area contributed by atoms with Gasteiger partial charge in [0, 0.05) is 16.7 Å². The lowest BCUT2D eigenvalue weighted by atomic mass is 9.84. The van der Waals surface area contributed by atoms with Crippen molar-refractivity contribution in [2.24, 2.45) is 5.73 Å². The highest BCUT2D eigenvalue weighted by atomic mass is 16.1. The normalized spacial score (nSPS) is 14.5. The van der Waals surface area contributed by atoms with Gasteiger partial charge in [0.15, 0.2) is 5.78 Å². The van der Waals surface area contributed by atoms with E-state index in [9.17, 15) is 9.59 Å². The lowest BCUT2D eigenvalue weighted by molar-refractivity contribution is 0.0990. The number of para-hydroxylation sites is 1. The van der Waals surface area contributed by atoms with Gasteiger partial charge in [-0.3, -0.25) is 9.59 Å². The Morgan fingerprint density at radius 2 is 1.50 bits per heavy atom. The van der Waals surface area contributed by atoms with Crippen LogP contribution >= 0.6 is 0 Å². The van der Waals surface area contributed by atoms with E-state index in [0.717, 1.165) is 0 Å². The summed E-state index contributed by atoms with van der Waals surface area (Å²) >= 11 is 0. The van der Waals surface area contributed by atoms with Crippen LogP contribution in [-0.2, 0) is 0 Å². The van der Waals surface area contributed by atoms with Crippen LogP contribution in [0.4, 0.5) is 0 Å². The molecular formula is C16H10N4O2. The average Bonchev–Trinajstić information content (AvgIpc) is 3.02. The van der Waals surface area contributed by atoms with E-state index in [1.165, 1.54) is 0 Å². The molecule has 1 heterocycles. The second-order valence-corrected chi connectivity index (χ2v) is 4.99. The van der Waals surface area contributed by atoms with E-state index in [1.807, 2.05) is 0 Å². The van der Waals surface area contributed by atoms with Crippen molar-refractivity contribution in [1.82, 2.24) is 15.4 Å². The van der Waals surface area contributed by atoms with Crippen LogP contribution in [0.3, 0.4) is 0 Å². The van der Waals surface area contributed by atoms with Crippen molar-refractivity contribution in [3.8, 4) is 0 Å². The van der Waals surface area contributed by atoms with Crippen LogP contribution in [0.15, 0.2) is 48.2 Å². The number of fused-ring (bicyclic) bond motifs is 2. The first-order chi connectivity index (χ1) is 10.7.